The highest BCUT2D eigenvalue weighted by Crippen LogP contribution is 2.41. The largest absolute Gasteiger partial charge is 0.354 e. The molecule has 4 atom stereocenters. The van der Waals surface area contributed by atoms with E-state index in [2.05, 4.69) is 37.8 Å². The fourth-order valence-electron chi connectivity index (χ4n) is 5.94. The summed E-state index contributed by atoms with van der Waals surface area (Å²) in [5, 5.41) is 3.18. The van der Waals surface area contributed by atoms with Crippen LogP contribution in [0.2, 0.25) is 0 Å². The summed E-state index contributed by atoms with van der Waals surface area (Å²) in [7, 11) is 0. The summed E-state index contributed by atoms with van der Waals surface area (Å²) in [6.45, 7) is 6.61. The Morgan fingerprint density at radius 2 is 2.07 bits per heavy atom. The van der Waals surface area contributed by atoms with Crippen LogP contribution in [0, 0.1) is 17.8 Å². The Balaban J connectivity index is 1.33. The number of nitrogens with zero attached hydrogens (tertiary/aromatic N) is 4. The number of imidazole rings is 1. The smallest absolute Gasteiger partial charge is 0.223 e. The van der Waals surface area contributed by atoms with Gasteiger partial charge in [0.1, 0.15) is 5.82 Å². The molecule has 4 heterocycles. The second-order valence-electron chi connectivity index (χ2n) is 9.43. The van der Waals surface area contributed by atoms with Gasteiger partial charge < -0.3 is 14.8 Å². The highest BCUT2D eigenvalue weighted by molar-refractivity contribution is 5.81. The van der Waals surface area contributed by atoms with E-state index in [9.17, 15) is 9.59 Å². The van der Waals surface area contributed by atoms with Gasteiger partial charge in [-0.3, -0.25) is 14.5 Å². The molecule has 0 spiro atoms. The fourth-order valence-corrected chi connectivity index (χ4v) is 5.94. The molecule has 1 aromatic heterocycles. The lowest BCUT2D eigenvalue weighted by Gasteiger charge is -2.56. The summed E-state index contributed by atoms with van der Waals surface area (Å²) in [5.74, 6) is 2.80. The van der Waals surface area contributed by atoms with Crippen molar-refractivity contribution in [3.8, 4) is 0 Å². The normalized spacial score (nSPS) is 32.2. The zero-order valence-electron chi connectivity index (χ0n) is 17.4. The number of aromatic nitrogens is 2. The molecule has 7 nitrogen and oxygen atoms in total. The highest BCUT2D eigenvalue weighted by atomic mass is 16.2. The standard InChI is InChI=1S/C22H33N5O2/c1-2-26-9-8-23-20(26)14-25-12-16-10-17(13-25)19(11-24-22(29)15-6-7-15)27-18(16)4-3-5-21(27)28/h8-9,15-19H,2-7,10-14H2,1H3,(H,24,29)/t16-,17+,18+,19+/m1/s1. The summed E-state index contributed by atoms with van der Waals surface area (Å²) in [4.78, 5) is 34.5. The zero-order valence-corrected chi connectivity index (χ0v) is 17.4. The van der Waals surface area contributed by atoms with E-state index in [1.54, 1.807) is 0 Å². The lowest BCUT2D eigenvalue weighted by Crippen LogP contribution is -2.67. The quantitative estimate of drug-likeness (QED) is 0.789. The van der Waals surface area contributed by atoms with E-state index in [0.29, 0.717) is 36.8 Å². The molecule has 2 amide bonds. The van der Waals surface area contributed by atoms with Gasteiger partial charge in [0.25, 0.3) is 0 Å². The minimum Gasteiger partial charge on any atom is -0.354 e. The number of piperidine rings is 3. The fraction of sp³-hybridized carbons (Fsp3) is 0.773. The molecule has 1 N–H and O–H groups in total. The molecule has 29 heavy (non-hydrogen) atoms. The number of fused-ring (bicyclic) bond motifs is 4. The summed E-state index contributed by atoms with van der Waals surface area (Å²) in [6, 6.07) is 0.476. The van der Waals surface area contributed by atoms with E-state index < -0.39 is 0 Å². The lowest BCUT2D eigenvalue weighted by atomic mass is 9.72. The minimum atomic E-state index is 0.139. The van der Waals surface area contributed by atoms with Crippen molar-refractivity contribution in [2.75, 3.05) is 19.6 Å². The third kappa shape index (κ3) is 3.69. The zero-order chi connectivity index (χ0) is 20.0. The molecule has 0 radical (unpaired) electrons. The van der Waals surface area contributed by atoms with Crippen molar-refractivity contribution >= 4 is 11.8 Å². The molecule has 1 aromatic rings. The van der Waals surface area contributed by atoms with Gasteiger partial charge in [0.15, 0.2) is 0 Å². The molecule has 4 fully saturated rings. The molecular formula is C22H33N5O2. The van der Waals surface area contributed by atoms with Crippen molar-refractivity contribution in [3.05, 3.63) is 18.2 Å². The Bertz CT molecular complexity index is 773. The van der Waals surface area contributed by atoms with Crippen molar-refractivity contribution in [3.63, 3.8) is 0 Å². The number of carbonyl (C=O) groups excluding carboxylic acids is 2. The summed E-state index contributed by atoms with van der Waals surface area (Å²) in [5.41, 5.74) is 0. The maximum absolute atomic E-state index is 12.9. The first-order chi connectivity index (χ1) is 14.1. The van der Waals surface area contributed by atoms with Crippen LogP contribution >= 0.6 is 0 Å². The van der Waals surface area contributed by atoms with Crippen LogP contribution in [0.1, 0.15) is 51.3 Å². The van der Waals surface area contributed by atoms with Crippen LogP contribution in [-0.4, -0.2) is 62.9 Å². The highest BCUT2D eigenvalue weighted by Gasteiger charge is 2.49. The summed E-state index contributed by atoms with van der Waals surface area (Å²) >= 11 is 0. The van der Waals surface area contributed by atoms with Crippen LogP contribution < -0.4 is 5.32 Å². The van der Waals surface area contributed by atoms with Gasteiger partial charge in [0, 0.05) is 57.0 Å². The van der Waals surface area contributed by atoms with Crippen LogP contribution in [0.4, 0.5) is 0 Å². The Morgan fingerprint density at radius 3 is 2.86 bits per heavy atom. The Kier molecular flexibility index (Phi) is 5.10. The molecule has 3 aliphatic heterocycles. The maximum atomic E-state index is 12.9. The van der Waals surface area contributed by atoms with Crippen LogP contribution in [0.3, 0.4) is 0 Å². The molecule has 0 unspecified atom stereocenters. The van der Waals surface area contributed by atoms with Crippen molar-refractivity contribution in [1.29, 1.82) is 0 Å². The minimum absolute atomic E-state index is 0.139. The predicted molar refractivity (Wildman–Crippen MR) is 109 cm³/mol. The summed E-state index contributed by atoms with van der Waals surface area (Å²) < 4.78 is 2.22. The van der Waals surface area contributed by atoms with E-state index >= 15 is 0 Å². The Labute approximate surface area is 172 Å². The molecule has 1 saturated carbocycles. The van der Waals surface area contributed by atoms with Crippen molar-refractivity contribution in [1.82, 2.24) is 24.7 Å². The van der Waals surface area contributed by atoms with Gasteiger partial charge in [-0.05, 0) is 50.9 Å². The average molecular weight is 400 g/mol. The van der Waals surface area contributed by atoms with Gasteiger partial charge >= 0.3 is 0 Å². The average Bonchev–Trinajstić information content (AvgIpc) is 3.48. The molecule has 0 aromatic carbocycles. The third-order valence-corrected chi connectivity index (χ3v) is 7.51. The number of nitrogens with one attached hydrogen (secondary N) is 1. The number of carbonyl (C=O) groups is 2. The number of hydrogen-bond donors (Lipinski definition) is 1. The first kappa shape index (κ1) is 19.1. The van der Waals surface area contributed by atoms with E-state index in [-0.39, 0.29) is 17.9 Å². The molecule has 1 aliphatic carbocycles. The maximum Gasteiger partial charge on any atom is 0.223 e. The molecule has 4 aliphatic rings. The first-order valence-corrected chi connectivity index (χ1v) is 11.4. The van der Waals surface area contributed by atoms with Gasteiger partial charge in [-0.25, -0.2) is 4.98 Å². The number of aryl methyl sites for hydroxylation is 1. The molecule has 3 saturated heterocycles. The first-order valence-electron chi connectivity index (χ1n) is 11.4. The van der Waals surface area contributed by atoms with Crippen molar-refractivity contribution in [2.24, 2.45) is 17.8 Å². The molecule has 7 heteroatoms. The van der Waals surface area contributed by atoms with E-state index in [1.165, 1.54) is 6.42 Å². The Morgan fingerprint density at radius 1 is 1.24 bits per heavy atom. The second kappa shape index (κ2) is 7.74. The third-order valence-electron chi connectivity index (χ3n) is 7.51. The van der Waals surface area contributed by atoms with Crippen LogP contribution in [0.15, 0.2) is 12.4 Å². The molecule has 2 bridgehead atoms. The number of hydrogen-bond acceptors (Lipinski definition) is 4. The topological polar surface area (TPSA) is 70.5 Å². The lowest BCUT2D eigenvalue weighted by molar-refractivity contribution is -0.153. The van der Waals surface area contributed by atoms with Crippen LogP contribution in [0.5, 0.6) is 0 Å². The predicted octanol–water partition coefficient (Wildman–Crippen LogP) is 1.63. The van der Waals surface area contributed by atoms with Gasteiger partial charge in [-0.1, -0.05) is 0 Å². The van der Waals surface area contributed by atoms with Crippen LogP contribution in [0.25, 0.3) is 0 Å². The van der Waals surface area contributed by atoms with E-state index in [0.717, 1.165) is 57.7 Å². The van der Waals surface area contributed by atoms with Gasteiger partial charge in [0.05, 0.1) is 12.6 Å². The van der Waals surface area contributed by atoms with Crippen molar-refractivity contribution < 1.29 is 9.59 Å². The van der Waals surface area contributed by atoms with Gasteiger partial charge in [-0.2, -0.15) is 0 Å². The Hall–Kier alpha value is -1.89. The number of rotatable bonds is 6. The van der Waals surface area contributed by atoms with Crippen molar-refractivity contribution in [2.45, 2.75) is 70.6 Å². The number of amides is 2. The molecular weight excluding hydrogens is 366 g/mol. The van der Waals surface area contributed by atoms with Gasteiger partial charge in [0.2, 0.25) is 11.8 Å². The van der Waals surface area contributed by atoms with Crippen LogP contribution in [-0.2, 0) is 22.7 Å². The molecule has 5 rings (SSSR count). The van der Waals surface area contributed by atoms with E-state index in [1.807, 2.05) is 6.20 Å². The van der Waals surface area contributed by atoms with E-state index in [4.69, 9.17) is 0 Å². The number of likely N-dealkylation sites (tertiary alicyclic amines) is 1. The SMILES string of the molecule is CCn1ccnc1CN1C[C@H]2C[C@@H](C1)[C@H](CNC(=O)C1CC1)N1C(=O)CCC[C@@H]21. The monoisotopic (exact) mass is 399 g/mol. The molecule has 158 valence electrons. The second-order valence-corrected chi connectivity index (χ2v) is 9.43. The summed E-state index contributed by atoms with van der Waals surface area (Å²) in [6.07, 6.45) is 9.93. The van der Waals surface area contributed by atoms with Gasteiger partial charge in [-0.15, -0.1) is 0 Å².